The maximum atomic E-state index is 13.8. The number of unbranched alkanes of at least 4 members (excludes halogenated alkanes) is 12. The molecule has 0 aliphatic carbocycles. The van der Waals surface area contributed by atoms with Gasteiger partial charge in [0.2, 0.25) is 5.91 Å². The number of phenols is 1. The summed E-state index contributed by atoms with van der Waals surface area (Å²) in [6.07, 6.45) is 17.5. The molecule has 2 unspecified atom stereocenters. The van der Waals surface area contributed by atoms with Crippen LogP contribution < -0.4 is 26.0 Å². The molecular weight excluding hydrogens is 676 g/mol. The Kier molecular flexibility index (Phi) is 14.9. The highest BCUT2D eigenvalue weighted by atomic mass is 35.5. The van der Waals surface area contributed by atoms with E-state index in [2.05, 4.69) is 17.6 Å². The van der Waals surface area contributed by atoms with Crippen LogP contribution in [0.5, 0.6) is 11.5 Å². The summed E-state index contributed by atoms with van der Waals surface area (Å²) in [5.41, 5.74) is 9.25. The van der Waals surface area contributed by atoms with Gasteiger partial charge in [-0.2, -0.15) is 0 Å². The fraction of sp³-hybridized carbons (Fsp3) is 0.548. The first-order chi connectivity index (χ1) is 25.3. The van der Waals surface area contributed by atoms with Crippen LogP contribution >= 0.6 is 11.6 Å². The highest BCUT2D eigenvalue weighted by Gasteiger charge is 2.40. The van der Waals surface area contributed by atoms with Crippen molar-refractivity contribution >= 4 is 51.5 Å². The number of nitrogen functional groups attached to an aromatic ring is 1. The lowest BCUT2D eigenvalue weighted by molar-refractivity contribution is -0.124. The molecule has 5 N–H and O–H groups in total. The number of benzene rings is 3. The molecule has 2 heterocycles. The zero-order valence-corrected chi connectivity index (χ0v) is 31.6. The van der Waals surface area contributed by atoms with Gasteiger partial charge >= 0.3 is 0 Å². The van der Waals surface area contributed by atoms with Gasteiger partial charge in [0.1, 0.15) is 11.5 Å². The number of nitrogens with zero attached hydrogens (tertiary/aromatic N) is 1. The SMILES string of the molecule is CCCCCCCCCCCCCCCC(=O)NCCCNC(=O)c1ccc2c(O)cc3c(c2c1)C(CCl)CN3C(=O)C1Cc2ccc(N)cc2O1. The van der Waals surface area contributed by atoms with Crippen molar-refractivity contribution in [2.24, 2.45) is 0 Å². The van der Waals surface area contributed by atoms with Crippen molar-refractivity contribution in [2.45, 2.75) is 122 Å². The number of phenolic OH excluding ortho intramolecular Hbond substituents is 1. The molecule has 3 aromatic rings. The summed E-state index contributed by atoms with van der Waals surface area (Å²) in [6.45, 7) is 3.52. The molecule has 2 aliphatic heterocycles. The number of nitrogens with one attached hydrogen (secondary N) is 2. The normalized spacial score (nSPS) is 16.1. The fourth-order valence-electron chi connectivity index (χ4n) is 7.52. The number of hydrogen-bond donors (Lipinski definition) is 4. The number of anilines is 2. The molecule has 0 saturated heterocycles. The predicted molar refractivity (Wildman–Crippen MR) is 211 cm³/mol. The summed E-state index contributed by atoms with van der Waals surface area (Å²) in [5.74, 6) is 0.301. The highest BCUT2D eigenvalue weighted by Crippen LogP contribution is 2.46. The van der Waals surface area contributed by atoms with Crippen molar-refractivity contribution in [2.75, 3.05) is 36.1 Å². The van der Waals surface area contributed by atoms with Gasteiger partial charge in [-0.15, -0.1) is 11.6 Å². The number of fused-ring (bicyclic) bond motifs is 4. The molecule has 3 amide bonds. The Morgan fingerprint density at radius 1 is 0.846 bits per heavy atom. The summed E-state index contributed by atoms with van der Waals surface area (Å²) in [5, 5.41) is 18.2. The van der Waals surface area contributed by atoms with Gasteiger partial charge in [0.25, 0.3) is 11.8 Å². The third kappa shape index (κ3) is 10.3. The Labute approximate surface area is 314 Å². The zero-order valence-electron chi connectivity index (χ0n) is 30.8. The molecule has 52 heavy (non-hydrogen) atoms. The molecule has 3 aromatic carbocycles. The van der Waals surface area contributed by atoms with Gasteiger partial charge in [0.05, 0.1) is 5.69 Å². The van der Waals surface area contributed by atoms with E-state index in [4.69, 9.17) is 22.1 Å². The second kappa shape index (κ2) is 19.7. The third-order valence-corrected chi connectivity index (χ3v) is 10.8. The highest BCUT2D eigenvalue weighted by molar-refractivity contribution is 6.19. The van der Waals surface area contributed by atoms with Gasteiger partial charge in [-0.05, 0) is 53.6 Å². The van der Waals surface area contributed by atoms with Crippen LogP contribution in [0.4, 0.5) is 11.4 Å². The number of rotatable bonds is 21. The molecule has 0 spiro atoms. The van der Waals surface area contributed by atoms with Crippen molar-refractivity contribution in [1.82, 2.24) is 10.6 Å². The number of alkyl halides is 1. The van der Waals surface area contributed by atoms with E-state index >= 15 is 0 Å². The predicted octanol–water partition coefficient (Wildman–Crippen LogP) is 8.52. The van der Waals surface area contributed by atoms with Gasteiger partial charge in [-0.25, -0.2) is 0 Å². The molecule has 0 fully saturated rings. The van der Waals surface area contributed by atoms with Gasteiger partial charge in [0.15, 0.2) is 6.10 Å². The molecule has 0 saturated carbocycles. The molecular formula is C42H57ClN4O5. The quantitative estimate of drug-likeness (QED) is 0.0493. The van der Waals surface area contributed by atoms with E-state index in [0.29, 0.717) is 72.4 Å². The van der Waals surface area contributed by atoms with Crippen molar-refractivity contribution < 1.29 is 24.2 Å². The molecule has 282 valence electrons. The van der Waals surface area contributed by atoms with E-state index < -0.39 is 6.10 Å². The van der Waals surface area contributed by atoms with Crippen molar-refractivity contribution in [1.29, 1.82) is 0 Å². The Morgan fingerprint density at radius 3 is 2.21 bits per heavy atom. The van der Waals surface area contributed by atoms with E-state index in [9.17, 15) is 19.5 Å². The van der Waals surface area contributed by atoms with Crippen LogP contribution in [-0.2, 0) is 16.0 Å². The second-order valence-corrected chi connectivity index (χ2v) is 14.8. The van der Waals surface area contributed by atoms with Gasteiger partial charge in [-0.3, -0.25) is 14.4 Å². The lowest BCUT2D eigenvalue weighted by Crippen LogP contribution is -2.41. The molecule has 5 rings (SSSR count). The summed E-state index contributed by atoms with van der Waals surface area (Å²) < 4.78 is 5.99. The maximum Gasteiger partial charge on any atom is 0.268 e. The first-order valence-electron chi connectivity index (χ1n) is 19.6. The van der Waals surface area contributed by atoms with Crippen LogP contribution in [0.3, 0.4) is 0 Å². The van der Waals surface area contributed by atoms with E-state index in [1.165, 1.54) is 70.6 Å². The van der Waals surface area contributed by atoms with Crippen LogP contribution in [0.2, 0.25) is 0 Å². The summed E-state index contributed by atoms with van der Waals surface area (Å²) in [4.78, 5) is 40.9. The van der Waals surface area contributed by atoms with Crippen LogP contribution in [0.15, 0.2) is 42.5 Å². The Balaban J connectivity index is 1.04. The number of halogens is 1. The van der Waals surface area contributed by atoms with E-state index in [0.717, 1.165) is 24.0 Å². The number of amides is 3. The fourth-order valence-corrected chi connectivity index (χ4v) is 7.77. The lowest BCUT2D eigenvalue weighted by Gasteiger charge is -2.22. The average molecular weight is 733 g/mol. The van der Waals surface area contributed by atoms with Crippen LogP contribution in [0, 0.1) is 0 Å². The molecule has 0 bridgehead atoms. The van der Waals surface area contributed by atoms with E-state index in [1.807, 2.05) is 6.07 Å². The van der Waals surface area contributed by atoms with E-state index in [-0.39, 0.29) is 35.3 Å². The van der Waals surface area contributed by atoms with Crippen LogP contribution in [-0.4, -0.2) is 54.4 Å². The Morgan fingerprint density at radius 2 is 1.52 bits per heavy atom. The maximum absolute atomic E-state index is 13.8. The van der Waals surface area contributed by atoms with Gasteiger partial charge < -0.3 is 31.1 Å². The third-order valence-electron chi connectivity index (χ3n) is 10.5. The molecule has 2 atom stereocenters. The van der Waals surface area contributed by atoms with Crippen molar-refractivity contribution in [3.8, 4) is 11.5 Å². The average Bonchev–Trinajstić information content (AvgIpc) is 3.74. The van der Waals surface area contributed by atoms with Crippen LogP contribution in [0.1, 0.15) is 131 Å². The minimum atomic E-state index is -0.710. The van der Waals surface area contributed by atoms with Gasteiger partial charge in [-0.1, -0.05) is 90.0 Å². The topological polar surface area (TPSA) is 134 Å². The minimum Gasteiger partial charge on any atom is -0.507 e. The number of nitrogens with two attached hydrogens (primary N) is 1. The van der Waals surface area contributed by atoms with Crippen LogP contribution in [0.25, 0.3) is 10.8 Å². The Bertz CT molecular complexity index is 1680. The first kappa shape index (κ1) is 39.2. The number of carbonyl (C=O) groups is 3. The monoisotopic (exact) mass is 732 g/mol. The second-order valence-electron chi connectivity index (χ2n) is 14.5. The number of aromatic hydroxyl groups is 1. The molecule has 0 aromatic heterocycles. The molecule has 0 radical (unpaired) electrons. The van der Waals surface area contributed by atoms with Crippen molar-refractivity contribution in [3.63, 3.8) is 0 Å². The number of carbonyl (C=O) groups excluding carboxylic acids is 3. The Hall–Kier alpha value is -3.98. The number of hydrogen-bond acceptors (Lipinski definition) is 6. The van der Waals surface area contributed by atoms with Gasteiger partial charge in [0, 0.05) is 73.0 Å². The minimum absolute atomic E-state index is 0.0201. The standard InChI is InChI=1S/C42H57ClN4O5/c1-2-3-4-5-6-7-8-9-10-11-12-13-14-16-39(49)45-21-15-22-46-41(50)30-18-20-33-34(23-30)40-31(27-43)28-47(35(40)26-36(33)48)42(51)38-24-29-17-19-32(44)25-37(29)52-38/h17-20,23,25-26,31,38,48H,2-16,21-22,24,27-28,44H2,1H3,(H,45,49)(H,46,50). The summed E-state index contributed by atoms with van der Waals surface area (Å²) in [7, 11) is 0. The molecule has 9 nitrogen and oxygen atoms in total. The lowest BCUT2D eigenvalue weighted by atomic mass is 9.94. The van der Waals surface area contributed by atoms with Crippen molar-refractivity contribution in [3.05, 3.63) is 59.2 Å². The molecule has 2 aliphatic rings. The smallest absolute Gasteiger partial charge is 0.268 e. The van der Waals surface area contributed by atoms with E-state index in [1.54, 1.807) is 41.3 Å². The number of ether oxygens (including phenoxy) is 1. The summed E-state index contributed by atoms with van der Waals surface area (Å²) >= 11 is 6.45. The first-order valence-corrected chi connectivity index (χ1v) is 20.1. The largest absolute Gasteiger partial charge is 0.507 e. The zero-order chi connectivity index (χ0) is 36.9. The summed E-state index contributed by atoms with van der Waals surface area (Å²) in [6, 6.07) is 12.2. The molecule has 10 heteroatoms.